The third-order valence-electron chi connectivity index (χ3n) is 26.9. The Kier molecular flexibility index (Phi) is 19.0. The lowest BCUT2D eigenvalue weighted by Gasteiger charge is -2.14. The molecule has 27 rings (SSSR count). The molecule has 0 radical (unpaired) electrons. The number of benzene rings is 21. The van der Waals surface area contributed by atoms with Crippen molar-refractivity contribution >= 4 is 120 Å². The molecule has 634 valence electrons. The summed E-state index contributed by atoms with van der Waals surface area (Å²) in [5.74, 6) is 3.84. The van der Waals surface area contributed by atoms with E-state index in [-0.39, 0.29) is 0 Å². The third-order valence-corrected chi connectivity index (χ3v) is 26.9. The van der Waals surface area contributed by atoms with Crippen molar-refractivity contribution in [2.24, 2.45) is 0 Å². The van der Waals surface area contributed by atoms with Crippen LogP contribution in [-0.2, 0) is 0 Å². The first-order chi connectivity index (χ1) is 67.4. The monoisotopic (exact) mass is 1730 g/mol. The van der Waals surface area contributed by atoms with Gasteiger partial charge in [0.1, 0.15) is 0 Å². The zero-order valence-corrected chi connectivity index (χ0v) is 73.7. The van der Waals surface area contributed by atoms with Gasteiger partial charge in [0.25, 0.3) is 0 Å². The van der Waals surface area contributed by atoms with Crippen molar-refractivity contribution in [3.8, 4) is 136 Å². The normalized spacial score (nSPS) is 11.7. The van der Waals surface area contributed by atoms with E-state index < -0.39 is 0 Å². The molecule has 0 aliphatic rings. The van der Waals surface area contributed by atoms with Crippen molar-refractivity contribution in [3.63, 3.8) is 0 Å². The van der Waals surface area contributed by atoms with Crippen LogP contribution < -0.4 is 0 Å². The molecule has 0 atom stereocenters. The highest BCUT2D eigenvalue weighted by molar-refractivity contribution is 6.19. The molecule has 0 N–H and O–H groups in total. The molecule has 27 aromatic rings. The average Bonchev–Trinajstić information content (AvgIpc) is 1.59. The molecule has 0 fully saturated rings. The minimum absolute atomic E-state index is 0.628. The maximum Gasteiger partial charge on any atom is 0.164 e. The lowest BCUT2D eigenvalue weighted by Crippen LogP contribution is -2.00. The Balaban J connectivity index is 0.000000141. The summed E-state index contributed by atoms with van der Waals surface area (Å²) in [5, 5.41) is 16.7. The Hall–Kier alpha value is -18.4. The van der Waals surface area contributed by atoms with E-state index in [0.717, 1.165) is 111 Å². The zero-order valence-electron chi connectivity index (χ0n) is 73.7. The fourth-order valence-corrected chi connectivity index (χ4v) is 20.6. The van der Waals surface area contributed by atoms with Crippen LogP contribution in [0, 0.1) is 0 Å². The average molecular weight is 1730 g/mol. The van der Waals surface area contributed by atoms with Crippen LogP contribution in [0.1, 0.15) is 0 Å². The molecule has 6 aromatic heterocycles. The first-order valence-corrected chi connectivity index (χ1v) is 46.1. The second kappa shape index (κ2) is 32.9. The molecule has 0 bridgehead atoms. The largest absolute Gasteiger partial charge is 0.309 e. The van der Waals surface area contributed by atoms with Crippen molar-refractivity contribution in [2.75, 3.05) is 0 Å². The molecular formula is C126H80N10. The second-order valence-corrected chi connectivity index (χ2v) is 34.8. The zero-order chi connectivity index (χ0) is 89.7. The molecule has 0 saturated heterocycles. The number of hydrogen-bond donors (Lipinski definition) is 0. The van der Waals surface area contributed by atoms with Crippen molar-refractivity contribution in [3.05, 3.63) is 485 Å². The maximum atomic E-state index is 5.19. The Bertz CT molecular complexity index is 9260. The van der Waals surface area contributed by atoms with Crippen LogP contribution in [-0.4, -0.2) is 48.2 Å². The Morgan fingerprint density at radius 3 is 0.963 bits per heavy atom. The molecular weight excluding hydrogens is 1650 g/mol. The Labute approximate surface area is 783 Å². The summed E-state index contributed by atoms with van der Waals surface area (Å²) >= 11 is 0. The van der Waals surface area contributed by atoms with Crippen LogP contribution in [0.3, 0.4) is 0 Å². The molecule has 10 nitrogen and oxygen atoms in total. The summed E-state index contributed by atoms with van der Waals surface area (Å²) in [6, 6.07) is 173. The van der Waals surface area contributed by atoms with Gasteiger partial charge in [-0.3, -0.25) is 0 Å². The first kappa shape index (κ1) is 78.6. The van der Waals surface area contributed by atoms with E-state index >= 15 is 0 Å². The molecule has 0 saturated carbocycles. The number of aromatic nitrogens is 10. The topological polar surface area (TPSA) is 97.1 Å². The highest BCUT2D eigenvalue weighted by Crippen LogP contribution is 2.47. The van der Waals surface area contributed by atoms with Crippen molar-refractivity contribution in [1.29, 1.82) is 0 Å². The van der Waals surface area contributed by atoms with Gasteiger partial charge < -0.3 is 18.3 Å². The lowest BCUT2D eigenvalue weighted by atomic mass is 9.91. The van der Waals surface area contributed by atoms with E-state index in [1.165, 1.54) is 109 Å². The third kappa shape index (κ3) is 13.6. The lowest BCUT2D eigenvalue weighted by molar-refractivity contribution is 1.07. The molecule has 0 unspecified atom stereocenters. The van der Waals surface area contributed by atoms with Crippen LogP contribution in [0.5, 0.6) is 0 Å². The van der Waals surface area contributed by atoms with Crippen LogP contribution in [0.25, 0.3) is 255 Å². The first-order valence-electron chi connectivity index (χ1n) is 46.1. The Morgan fingerprint density at radius 2 is 0.449 bits per heavy atom. The van der Waals surface area contributed by atoms with E-state index in [0.29, 0.717) is 34.9 Å². The minimum atomic E-state index is 0.628. The van der Waals surface area contributed by atoms with E-state index in [2.05, 4.69) is 407 Å². The predicted molar refractivity (Wildman–Crippen MR) is 564 cm³/mol. The Morgan fingerprint density at radius 1 is 0.125 bits per heavy atom. The summed E-state index contributed by atoms with van der Waals surface area (Å²) in [6.45, 7) is 0. The number of rotatable bonds is 14. The molecule has 6 heterocycles. The second-order valence-electron chi connectivity index (χ2n) is 34.8. The summed E-state index contributed by atoms with van der Waals surface area (Å²) in [4.78, 5) is 30.5. The van der Waals surface area contributed by atoms with Gasteiger partial charge in [-0.2, -0.15) is 0 Å². The van der Waals surface area contributed by atoms with Gasteiger partial charge in [-0.05, 0) is 204 Å². The van der Waals surface area contributed by atoms with Gasteiger partial charge in [0.2, 0.25) is 0 Å². The fourth-order valence-electron chi connectivity index (χ4n) is 20.6. The molecule has 0 aliphatic carbocycles. The van der Waals surface area contributed by atoms with E-state index in [9.17, 15) is 0 Å². The van der Waals surface area contributed by atoms with Crippen molar-refractivity contribution < 1.29 is 0 Å². The van der Waals surface area contributed by atoms with E-state index in [4.69, 9.17) is 29.9 Å². The molecule has 0 spiro atoms. The molecule has 0 aliphatic heterocycles. The van der Waals surface area contributed by atoms with Gasteiger partial charge in [0, 0.05) is 99.2 Å². The van der Waals surface area contributed by atoms with Crippen LogP contribution in [0.2, 0.25) is 0 Å². The highest BCUT2D eigenvalue weighted by atomic mass is 15.1. The predicted octanol–water partition coefficient (Wildman–Crippen LogP) is 32.3. The van der Waals surface area contributed by atoms with Crippen LogP contribution >= 0.6 is 0 Å². The number of fused-ring (bicyclic) bond motifs is 16. The summed E-state index contributed by atoms with van der Waals surface area (Å²) < 4.78 is 9.56. The SMILES string of the molecule is c1ccc(-c2nc(-c3ccccc3)nc(-c3cc(-c4ccc5c(c4)c4ccccc4n5-c4ccc(-c5cccc6c5c5ccccc5n6-c5ccccc5)cc4)c4ccc5ccccc5c4c3)n2)cc1.c1ccc(-c2nc(-c3ccccc3)nc(-c3ccc(-c4ccc5c(c4)c4ccccc4n5-c4ccc(-c5ccc6c7ccccc7n(-c7ccccc7)c6c5)cc4)c4ccccc34)n2)cc1. The minimum Gasteiger partial charge on any atom is -0.309 e. The van der Waals surface area contributed by atoms with E-state index in [1.807, 2.05) is 97.1 Å². The van der Waals surface area contributed by atoms with Gasteiger partial charge in [0.05, 0.1) is 44.1 Å². The quantitative estimate of drug-likeness (QED) is 0.101. The van der Waals surface area contributed by atoms with Gasteiger partial charge in [0.15, 0.2) is 34.9 Å². The number of hydrogen-bond acceptors (Lipinski definition) is 6. The van der Waals surface area contributed by atoms with E-state index in [1.54, 1.807) is 0 Å². The number of para-hydroxylation sites is 6. The maximum absolute atomic E-state index is 5.19. The summed E-state index contributed by atoms with van der Waals surface area (Å²) in [5.41, 5.74) is 29.0. The van der Waals surface area contributed by atoms with Crippen LogP contribution in [0.15, 0.2) is 485 Å². The van der Waals surface area contributed by atoms with Gasteiger partial charge in [-0.1, -0.05) is 358 Å². The smallest absolute Gasteiger partial charge is 0.164 e. The molecule has 10 heteroatoms. The molecule has 21 aromatic carbocycles. The van der Waals surface area contributed by atoms with Gasteiger partial charge >= 0.3 is 0 Å². The highest BCUT2D eigenvalue weighted by Gasteiger charge is 2.25. The molecule has 0 amide bonds. The van der Waals surface area contributed by atoms with Crippen LogP contribution in [0.4, 0.5) is 0 Å². The van der Waals surface area contributed by atoms with Gasteiger partial charge in [-0.25, -0.2) is 29.9 Å². The standard InChI is InChI=1S/C65H41N5.C61H39N5/c1-4-18-44(19-5-1)63-66-64(45-20-6-2-7-21-45)68-65(67-63)47-40-55(52-37-33-42-17-10-11-24-50(42)56(52)41-47)46-34-38-60-57(39-46)53-25-12-14-28-58(53)69(60)49-35-31-43(32-36-49)51-27-16-30-61-62(51)54-26-13-15-29-59(54)70(61)48-22-8-3-9-23-48;1-4-16-41(17-5-1)59-62-60(42-18-6-2-7-19-42)64-61(63-59)53-36-35-47(48-22-10-11-23-49(48)53)44-31-37-57-54(38-44)51-25-13-15-27-56(51)65(57)46-32-28-40(29-33-46)43-30-34-52-50-24-12-14-26-55(50)66(58(52)39-43)45-20-8-3-9-21-45/h1-41H;1-39H. The van der Waals surface area contributed by atoms with Crippen molar-refractivity contribution in [2.45, 2.75) is 0 Å². The fraction of sp³-hybridized carbons (Fsp3) is 0. The van der Waals surface area contributed by atoms with Crippen molar-refractivity contribution in [1.82, 2.24) is 48.2 Å². The summed E-state index contributed by atoms with van der Waals surface area (Å²) in [7, 11) is 0. The number of nitrogens with zero attached hydrogens (tertiary/aromatic N) is 10. The van der Waals surface area contributed by atoms with Gasteiger partial charge in [-0.15, -0.1) is 0 Å². The molecule has 136 heavy (non-hydrogen) atoms. The summed E-state index contributed by atoms with van der Waals surface area (Å²) in [6.07, 6.45) is 0.